The molecule has 1 fully saturated rings. The fourth-order valence-corrected chi connectivity index (χ4v) is 2.75. The van der Waals surface area contributed by atoms with E-state index in [-0.39, 0.29) is 12.3 Å². The Kier molecular flexibility index (Phi) is 5.62. The van der Waals surface area contributed by atoms with Gasteiger partial charge in [-0.2, -0.15) is 13.2 Å². The lowest BCUT2D eigenvalue weighted by molar-refractivity contribution is -0.165. The van der Waals surface area contributed by atoms with Gasteiger partial charge in [0.2, 0.25) is 5.91 Å². The smallest absolute Gasteiger partial charge is 0.406 e. The first-order valence-electron chi connectivity index (χ1n) is 7.82. The first kappa shape index (κ1) is 18.4. The number of carbonyl (C=O) groups excluding carboxylic acids is 1. The molecule has 0 radical (unpaired) electrons. The minimum Gasteiger partial charge on any atom is -0.493 e. The molecule has 0 N–H and O–H groups in total. The topological polar surface area (TPSA) is 38.8 Å². The number of nitrogens with zero attached hydrogens (tertiary/aromatic N) is 1. The monoisotopic (exact) mass is 345 g/mol. The highest BCUT2D eigenvalue weighted by Crippen LogP contribution is 2.36. The molecule has 1 saturated carbocycles. The van der Waals surface area contributed by atoms with Crippen molar-refractivity contribution >= 4 is 5.91 Å². The average Bonchev–Trinajstić information content (AvgIpc) is 3.35. The van der Waals surface area contributed by atoms with Crippen molar-refractivity contribution in [2.45, 2.75) is 38.4 Å². The van der Waals surface area contributed by atoms with E-state index in [4.69, 9.17) is 9.47 Å². The third-order valence-electron chi connectivity index (χ3n) is 4.27. The zero-order valence-corrected chi connectivity index (χ0v) is 14.0. The van der Waals surface area contributed by atoms with Gasteiger partial charge in [-0.15, -0.1) is 0 Å². The van der Waals surface area contributed by atoms with Gasteiger partial charge < -0.3 is 14.4 Å². The molecule has 134 valence electrons. The lowest BCUT2D eigenvalue weighted by Crippen LogP contribution is -2.46. The Bertz CT molecular complexity index is 585. The molecule has 0 aliphatic heterocycles. The van der Waals surface area contributed by atoms with Crippen LogP contribution in [0, 0.1) is 5.92 Å². The van der Waals surface area contributed by atoms with E-state index in [1.54, 1.807) is 25.1 Å². The summed E-state index contributed by atoms with van der Waals surface area (Å²) in [5, 5.41) is 0. The standard InChI is InChI=1S/C17H22F3NO3/c1-11(13-5-6-13)21(10-17(18,19)20)16(22)9-12-4-7-14(23-2)15(8-12)24-3/h4,7-8,11,13H,5-6,9-10H2,1-3H3/t11-/m0/s1. The SMILES string of the molecule is COc1ccc(CC(=O)N(CC(F)(F)F)[C@@H](C)C2CC2)cc1OC. The summed E-state index contributed by atoms with van der Waals surface area (Å²) in [5.41, 5.74) is 0.591. The number of hydrogen-bond donors (Lipinski definition) is 0. The minimum atomic E-state index is -4.41. The molecule has 0 heterocycles. The van der Waals surface area contributed by atoms with Crippen LogP contribution in [-0.4, -0.2) is 43.8 Å². The van der Waals surface area contributed by atoms with E-state index < -0.39 is 24.7 Å². The van der Waals surface area contributed by atoms with Gasteiger partial charge >= 0.3 is 6.18 Å². The highest BCUT2D eigenvalue weighted by atomic mass is 19.4. The van der Waals surface area contributed by atoms with Crippen LogP contribution in [0.2, 0.25) is 0 Å². The van der Waals surface area contributed by atoms with Gasteiger partial charge in [-0.1, -0.05) is 6.07 Å². The van der Waals surface area contributed by atoms with Crippen LogP contribution in [0.25, 0.3) is 0 Å². The molecular weight excluding hydrogens is 323 g/mol. The van der Waals surface area contributed by atoms with Crippen LogP contribution in [0.4, 0.5) is 13.2 Å². The first-order chi connectivity index (χ1) is 11.2. The average molecular weight is 345 g/mol. The van der Waals surface area contributed by atoms with Crippen molar-refractivity contribution in [3.8, 4) is 11.5 Å². The maximum atomic E-state index is 12.8. The Morgan fingerprint density at radius 3 is 2.38 bits per heavy atom. The molecule has 0 unspecified atom stereocenters. The second-order valence-electron chi connectivity index (χ2n) is 6.08. The number of hydrogen-bond acceptors (Lipinski definition) is 3. The molecule has 0 aromatic heterocycles. The number of carbonyl (C=O) groups is 1. The van der Waals surface area contributed by atoms with E-state index in [9.17, 15) is 18.0 Å². The lowest BCUT2D eigenvalue weighted by Gasteiger charge is -2.30. The second-order valence-corrected chi connectivity index (χ2v) is 6.08. The molecule has 24 heavy (non-hydrogen) atoms. The summed E-state index contributed by atoms with van der Waals surface area (Å²) in [5.74, 6) is 0.591. The van der Waals surface area contributed by atoms with Crippen molar-refractivity contribution in [2.24, 2.45) is 5.92 Å². The van der Waals surface area contributed by atoms with Crippen molar-refractivity contribution in [1.82, 2.24) is 4.90 Å². The largest absolute Gasteiger partial charge is 0.493 e. The van der Waals surface area contributed by atoms with Crippen molar-refractivity contribution in [1.29, 1.82) is 0 Å². The zero-order valence-electron chi connectivity index (χ0n) is 14.0. The summed E-state index contributed by atoms with van der Waals surface area (Å²) < 4.78 is 48.8. The molecule has 1 atom stereocenters. The number of benzene rings is 1. The summed E-state index contributed by atoms with van der Waals surface area (Å²) in [6.07, 6.45) is -2.76. The van der Waals surface area contributed by atoms with Gasteiger partial charge in [0.1, 0.15) is 6.54 Å². The summed E-state index contributed by atoms with van der Waals surface area (Å²) in [6, 6.07) is 4.51. The number of alkyl halides is 3. The molecule has 2 rings (SSSR count). The molecular formula is C17H22F3NO3. The number of ether oxygens (including phenoxy) is 2. The Hall–Kier alpha value is -1.92. The van der Waals surface area contributed by atoms with Crippen LogP contribution >= 0.6 is 0 Å². The van der Waals surface area contributed by atoms with Gasteiger partial charge in [-0.25, -0.2) is 0 Å². The normalized spacial score (nSPS) is 15.8. The van der Waals surface area contributed by atoms with Crippen LogP contribution in [0.1, 0.15) is 25.3 Å². The maximum Gasteiger partial charge on any atom is 0.406 e. The highest BCUT2D eigenvalue weighted by molar-refractivity contribution is 5.79. The van der Waals surface area contributed by atoms with Crippen LogP contribution in [0.5, 0.6) is 11.5 Å². The third kappa shape index (κ3) is 4.79. The molecule has 1 aromatic carbocycles. The van der Waals surface area contributed by atoms with E-state index in [0.717, 1.165) is 17.7 Å². The first-order valence-corrected chi connectivity index (χ1v) is 7.82. The fourth-order valence-electron chi connectivity index (χ4n) is 2.75. The van der Waals surface area contributed by atoms with Crippen molar-refractivity contribution in [3.05, 3.63) is 23.8 Å². The number of amides is 1. The van der Waals surface area contributed by atoms with Gasteiger partial charge in [0.15, 0.2) is 11.5 Å². The summed E-state index contributed by atoms with van der Waals surface area (Å²) >= 11 is 0. The van der Waals surface area contributed by atoms with Gasteiger partial charge in [-0.3, -0.25) is 4.79 Å². The predicted molar refractivity (Wildman–Crippen MR) is 83.2 cm³/mol. The van der Waals surface area contributed by atoms with Crippen molar-refractivity contribution < 1.29 is 27.4 Å². The maximum absolute atomic E-state index is 12.8. The number of methoxy groups -OCH3 is 2. The van der Waals surface area contributed by atoms with Gasteiger partial charge in [0.05, 0.1) is 20.6 Å². The van der Waals surface area contributed by atoms with Crippen LogP contribution in [0.15, 0.2) is 18.2 Å². The lowest BCUT2D eigenvalue weighted by atomic mass is 10.1. The van der Waals surface area contributed by atoms with E-state index in [1.807, 2.05) is 0 Å². The van der Waals surface area contributed by atoms with Gasteiger partial charge in [-0.05, 0) is 43.4 Å². The fraction of sp³-hybridized carbons (Fsp3) is 0.588. The third-order valence-corrected chi connectivity index (χ3v) is 4.27. The van der Waals surface area contributed by atoms with Crippen molar-refractivity contribution in [2.75, 3.05) is 20.8 Å². The summed E-state index contributed by atoms with van der Waals surface area (Å²) in [4.78, 5) is 13.4. The van der Waals surface area contributed by atoms with E-state index in [2.05, 4.69) is 0 Å². The molecule has 1 aliphatic carbocycles. The van der Waals surface area contributed by atoms with Crippen LogP contribution < -0.4 is 9.47 Å². The highest BCUT2D eigenvalue weighted by Gasteiger charge is 2.40. The van der Waals surface area contributed by atoms with E-state index in [0.29, 0.717) is 17.1 Å². The van der Waals surface area contributed by atoms with E-state index >= 15 is 0 Å². The number of rotatable bonds is 7. The Labute approximate surface area is 139 Å². The van der Waals surface area contributed by atoms with Crippen molar-refractivity contribution in [3.63, 3.8) is 0 Å². The Morgan fingerprint density at radius 1 is 1.25 bits per heavy atom. The molecule has 0 bridgehead atoms. The summed E-state index contributed by atoms with van der Waals surface area (Å²) in [6.45, 7) is 0.479. The Balaban J connectivity index is 2.14. The molecule has 1 aromatic rings. The summed E-state index contributed by atoms with van der Waals surface area (Å²) in [7, 11) is 2.96. The van der Waals surface area contributed by atoms with Gasteiger partial charge in [0.25, 0.3) is 0 Å². The number of halogens is 3. The quantitative estimate of drug-likeness (QED) is 0.760. The minimum absolute atomic E-state index is 0.104. The second kappa shape index (κ2) is 7.32. The zero-order chi connectivity index (χ0) is 17.9. The molecule has 0 saturated heterocycles. The van der Waals surface area contributed by atoms with E-state index in [1.165, 1.54) is 14.2 Å². The Morgan fingerprint density at radius 2 is 1.88 bits per heavy atom. The molecule has 1 aliphatic rings. The predicted octanol–water partition coefficient (Wildman–Crippen LogP) is 3.44. The molecule has 7 heteroatoms. The molecule has 4 nitrogen and oxygen atoms in total. The van der Waals surface area contributed by atoms with Crippen LogP contribution in [-0.2, 0) is 11.2 Å². The van der Waals surface area contributed by atoms with Crippen LogP contribution in [0.3, 0.4) is 0 Å². The molecule has 0 spiro atoms. The van der Waals surface area contributed by atoms with Gasteiger partial charge in [0, 0.05) is 6.04 Å². The molecule has 1 amide bonds.